The summed E-state index contributed by atoms with van der Waals surface area (Å²) in [4.78, 5) is 23.3. The van der Waals surface area contributed by atoms with Crippen LogP contribution in [0.4, 0.5) is 0 Å². The van der Waals surface area contributed by atoms with E-state index in [0.29, 0.717) is 11.3 Å². The number of fused-ring (bicyclic) bond motifs is 1. The van der Waals surface area contributed by atoms with Crippen LogP contribution in [-0.4, -0.2) is 12.4 Å². The summed E-state index contributed by atoms with van der Waals surface area (Å²) >= 11 is 0. The van der Waals surface area contributed by atoms with E-state index in [1.807, 2.05) is 26.0 Å². The van der Waals surface area contributed by atoms with Gasteiger partial charge in [0.25, 0.3) is 0 Å². The van der Waals surface area contributed by atoms with E-state index in [1.54, 1.807) is 0 Å². The van der Waals surface area contributed by atoms with Crippen LogP contribution >= 0.6 is 0 Å². The molecule has 4 nitrogen and oxygen atoms in total. The van der Waals surface area contributed by atoms with Crippen molar-refractivity contribution in [2.24, 2.45) is 0 Å². The Labute approximate surface area is 130 Å². The maximum atomic E-state index is 12.2. The van der Waals surface area contributed by atoms with Crippen molar-refractivity contribution in [2.45, 2.75) is 47.0 Å². The van der Waals surface area contributed by atoms with Crippen molar-refractivity contribution in [2.75, 3.05) is 6.61 Å². The maximum absolute atomic E-state index is 12.2. The van der Waals surface area contributed by atoms with Gasteiger partial charge in [-0.2, -0.15) is 0 Å². The number of rotatable bonds is 6. The van der Waals surface area contributed by atoms with E-state index in [2.05, 4.69) is 6.92 Å². The number of benzene rings is 1. The molecule has 0 aliphatic rings. The molecule has 0 N–H and O–H groups in total. The minimum Gasteiger partial charge on any atom is -0.485 e. The van der Waals surface area contributed by atoms with Crippen LogP contribution in [0.5, 0.6) is 5.75 Å². The first kappa shape index (κ1) is 16.3. The fourth-order valence-electron chi connectivity index (χ4n) is 2.55. The van der Waals surface area contributed by atoms with Gasteiger partial charge < -0.3 is 9.15 Å². The quantitative estimate of drug-likeness (QED) is 0.763. The van der Waals surface area contributed by atoms with Crippen LogP contribution in [0, 0.1) is 13.8 Å². The average molecular weight is 302 g/mol. The van der Waals surface area contributed by atoms with Crippen molar-refractivity contribution in [3.05, 3.63) is 39.2 Å². The molecule has 0 saturated heterocycles. The molecule has 0 radical (unpaired) electrons. The first-order chi connectivity index (χ1) is 10.5. The molecule has 4 heteroatoms. The van der Waals surface area contributed by atoms with Crippen molar-refractivity contribution in [3.63, 3.8) is 0 Å². The van der Waals surface area contributed by atoms with Crippen LogP contribution in [-0.2, 0) is 11.2 Å². The predicted molar refractivity (Wildman–Crippen MR) is 86.7 cm³/mol. The third-order valence-electron chi connectivity index (χ3n) is 3.87. The summed E-state index contributed by atoms with van der Waals surface area (Å²) < 4.78 is 11.0. The SMILES string of the molecule is CCCCc1c(C)c2ccc(OCC(C)=O)c(C)c2oc1=O. The monoisotopic (exact) mass is 302 g/mol. The Morgan fingerprint density at radius 3 is 2.59 bits per heavy atom. The van der Waals surface area contributed by atoms with Gasteiger partial charge in [-0.15, -0.1) is 0 Å². The number of ketones is 1. The molecule has 2 rings (SSSR count). The molecule has 0 spiro atoms. The van der Waals surface area contributed by atoms with E-state index in [0.717, 1.165) is 41.3 Å². The smallest absolute Gasteiger partial charge is 0.339 e. The van der Waals surface area contributed by atoms with E-state index < -0.39 is 0 Å². The van der Waals surface area contributed by atoms with Gasteiger partial charge in [0.05, 0.1) is 0 Å². The van der Waals surface area contributed by atoms with Crippen molar-refractivity contribution in [3.8, 4) is 5.75 Å². The van der Waals surface area contributed by atoms with Gasteiger partial charge in [0.15, 0.2) is 5.78 Å². The van der Waals surface area contributed by atoms with Crippen molar-refractivity contribution >= 4 is 16.8 Å². The second-order valence-electron chi connectivity index (χ2n) is 5.65. The molecule has 22 heavy (non-hydrogen) atoms. The zero-order valence-electron chi connectivity index (χ0n) is 13.6. The normalized spacial score (nSPS) is 10.9. The lowest BCUT2D eigenvalue weighted by atomic mass is 10.00. The fourth-order valence-corrected chi connectivity index (χ4v) is 2.55. The lowest BCUT2D eigenvalue weighted by molar-refractivity contribution is -0.118. The number of carbonyl (C=O) groups is 1. The van der Waals surface area contributed by atoms with Gasteiger partial charge in [-0.1, -0.05) is 13.3 Å². The van der Waals surface area contributed by atoms with Crippen LogP contribution in [0.25, 0.3) is 11.0 Å². The largest absolute Gasteiger partial charge is 0.485 e. The second kappa shape index (κ2) is 6.77. The summed E-state index contributed by atoms with van der Waals surface area (Å²) in [5.74, 6) is 0.526. The third kappa shape index (κ3) is 3.21. The lowest BCUT2D eigenvalue weighted by Crippen LogP contribution is -2.11. The minimum atomic E-state index is -0.273. The number of unbranched alkanes of at least 4 members (excludes halogenated alkanes) is 1. The molecule has 1 aromatic heterocycles. The Kier molecular flexibility index (Phi) is 5.01. The lowest BCUT2D eigenvalue weighted by Gasteiger charge is -2.12. The van der Waals surface area contributed by atoms with Gasteiger partial charge >= 0.3 is 5.63 Å². The summed E-state index contributed by atoms with van der Waals surface area (Å²) in [5, 5.41) is 0.929. The molecule has 0 bridgehead atoms. The first-order valence-corrected chi connectivity index (χ1v) is 7.63. The van der Waals surface area contributed by atoms with Gasteiger partial charge in [0.1, 0.15) is 17.9 Å². The Balaban J connectivity index is 2.52. The number of Topliss-reactive ketones (excluding diaryl/α,β-unsaturated/α-hetero) is 1. The Morgan fingerprint density at radius 2 is 1.95 bits per heavy atom. The summed E-state index contributed by atoms with van der Waals surface area (Å²) in [6, 6.07) is 3.72. The molecule has 118 valence electrons. The highest BCUT2D eigenvalue weighted by Gasteiger charge is 2.15. The van der Waals surface area contributed by atoms with Crippen molar-refractivity contribution < 1.29 is 13.9 Å². The predicted octanol–water partition coefficient (Wildman–Crippen LogP) is 3.72. The van der Waals surface area contributed by atoms with Gasteiger partial charge in [0, 0.05) is 16.5 Å². The molecule has 0 amide bonds. The Morgan fingerprint density at radius 1 is 1.23 bits per heavy atom. The summed E-state index contributed by atoms with van der Waals surface area (Å²) in [6.07, 6.45) is 2.74. The molecule has 0 aliphatic carbocycles. The molecule has 2 aromatic rings. The highest BCUT2D eigenvalue weighted by molar-refractivity contribution is 5.85. The molecule has 1 heterocycles. The highest BCUT2D eigenvalue weighted by Crippen LogP contribution is 2.29. The summed E-state index contributed by atoms with van der Waals surface area (Å²) in [7, 11) is 0. The van der Waals surface area contributed by atoms with E-state index in [4.69, 9.17) is 9.15 Å². The van der Waals surface area contributed by atoms with Crippen LogP contribution in [0.2, 0.25) is 0 Å². The summed E-state index contributed by atoms with van der Waals surface area (Å²) in [6.45, 7) is 7.39. The number of hydrogen-bond acceptors (Lipinski definition) is 4. The van der Waals surface area contributed by atoms with Crippen LogP contribution in [0.1, 0.15) is 43.4 Å². The molecular weight excluding hydrogens is 280 g/mol. The topological polar surface area (TPSA) is 56.5 Å². The Hall–Kier alpha value is -2.10. The molecule has 0 unspecified atom stereocenters. The van der Waals surface area contributed by atoms with Gasteiger partial charge in [-0.05, 0) is 51.3 Å². The minimum absolute atomic E-state index is 0.0180. The van der Waals surface area contributed by atoms with Gasteiger partial charge in [0.2, 0.25) is 0 Å². The zero-order chi connectivity index (χ0) is 16.3. The van der Waals surface area contributed by atoms with Gasteiger partial charge in [-0.25, -0.2) is 4.79 Å². The van der Waals surface area contributed by atoms with E-state index >= 15 is 0 Å². The van der Waals surface area contributed by atoms with Crippen molar-refractivity contribution in [1.82, 2.24) is 0 Å². The molecule has 0 fully saturated rings. The zero-order valence-corrected chi connectivity index (χ0v) is 13.6. The number of ether oxygens (including phenoxy) is 1. The maximum Gasteiger partial charge on any atom is 0.339 e. The Bertz CT molecular complexity index is 756. The second-order valence-corrected chi connectivity index (χ2v) is 5.65. The standard InChI is InChI=1S/C18H22O4/c1-5-6-7-15-12(3)14-8-9-16(21-10-11(2)19)13(4)17(14)22-18(15)20/h8-9H,5-7,10H2,1-4H3. The molecule has 1 aromatic carbocycles. The third-order valence-corrected chi connectivity index (χ3v) is 3.87. The average Bonchev–Trinajstić information content (AvgIpc) is 2.47. The number of aryl methyl sites for hydroxylation is 2. The van der Waals surface area contributed by atoms with Gasteiger partial charge in [-0.3, -0.25) is 4.79 Å². The summed E-state index contributed by atoms with van der Waals surface area (Å²) in [5.41, 5.74) is 2.75. The highest BCUT2D eigenvalue weighted by atomic mass is 16.5. The van der Waals surface area contributed by atoms with E-state index in [-0.39, 0.29) is 18.0 Å². The van der Waals surface area contributed by atoms with E-state index in [9.17, 15) is 9.59 Å². The van der Waals surface area contributed by atoms with Crippen molar-refractivity contribution in [1.29, 1.82) is 0 Å². The molecule has 0 aliphatic heterocycles. The molecular formula is C18H22O4. The van der Waals surface area contributed by atoms with Crippen LogP contribution < -0.4 is 10.4 Å². The van der Waals surface area contributed by atoms with Crippen LogP contribution in [0.3, 0.4) is 0 Å². The number of carbonyl (C=O) groups excluding carboxylic acids is 1. The fraction of sp³-hybridized carbons (Fsp3) is 0.444. The first-order valence-electron chi connectivity index (χ1n) is 7.63. The molecule has 0 saturated carbocycles. The van der Waals surface area contributed by atoms with E-state index in [1.165, 1.54) is 6.92 Å². The van der Waals surface area contributed by atoms with Crippen LogP contribution in [0.15, 0.2) is 21.3 Å². The number of hydrogen-bond donors (Lipinski definition) is 0. The molecule has 0 atom stereocenters.